The van der Waals surface area contributed by atoms with Crippen LogP contribution in [-0.2, 0) is 0 Å². The number of nitrogens with zero attached hydrogens (tertiary/aromatic N) is 2. The van der Waals surface area contributed by atoms with E-state index in [0.717, 1.165) is 49.6 Å². The minimum atomic E-state index is -0.881. The first-order valence-electron chi connectivity index (χ1n) is 14.1. The van der Waals surface area contributed by atoms with Crippen LogP contribution >= 0.6 is 0 Å². The second-order valence-electron chi connectivity index (χ2n) is 10.1. The van der Waals surface area contributed by atoms with E-state index in [0.29, 0.717) is 5.56 Å². The molecular formula is C39H30EuN2O2. The van der Waals surface area contributed by atoms with E-state index in [2.05, 4.69) is 47.1 Å². The summed E-state index contributed by atoms with van der Waals surface area (Å²) in [6.07, 6.45) is 12.2. The van der Waals surface area contributed by atoms with Gasteiger partial charge in [-0.25, -0.2) is 0 Å². The number of fused-ring (bicyclic) bond motifs is 3. The summed E-state index contributed by atoms with van der Waals surface area (Å²) in [4.78, 5) is 0. The van der Waals surface area contributed by atoms with Gasteiger partial charge in [-0.05, 0) is 44.3 Å². The standard InChI is InChI=1S/C27H22O2.C12H8N2.Eu/c28-26(24-15-11-22(12-16-24)20-7-3-1-4-8-20)19-27(29)25-17-13-23(14-18-25)21-9-5-2-6-10-21;1-3-9-5-6-10-4-2-8-14-12(10)11(9)13-7-1;/h1-19,26,28-29H;1-8H;/q;-2;+2. The molecule has 2 aliphatic heterocycles. The molecule has 0 aliphatic carbocycles. The molecule has 44 heavy (non-hydrogen) atoms. The van der Waals surface area contributed by atoms with Crippen molar-refractivity contribution in [2.75, 3.05) is 0 Å². The maximum atomic E-state index is 10.5. The fourth-order valence-corrected chi connectivity index (χ4v) is 4.99. The van der Waals surface area contributed by atoms with Gasteiger partial charge >= 0.3 is 49.4 Å². The van der Waals surface area contributed by atoms with E-state index < -0.39 is 6.10 Å². The minimum absolute atomic E-state index is 0. The van der Waals surface area contributed by atoms with Gasteiger partial charge in [-0.1, -0.05) is 146 Å². The molecule has 7 rings (SSSR count). The number of hydrogen-bond donors (Lipinski definition) is 2. The van der Waals surface area contributed by atoms with Gasteiger partial charge < -0.3 is 20.8 Å². The van der Waals surface area contributed by atoms with Gasteiger partial charge in [0.25, 0.3) is 0 Å². The van der Waals surface area contributed by atoms with Crippen LogP contribution in [0.15, 0.2) is 152 Å². The van der Waals surface area contributed by atoms with E-state index in [1.807, 2.05) is 109 Å². The van der Waals surface area contributed by atoms with E-state index >= 15 is 0 Å². The maximum absolute atomic E-state index is 10.5. The molecule has 5 aromatic carbocycles. The van der Waals surface area contributed by atoms with Crippen LogP contribution in [0.4, 0.5) is 11.4 Å². The Morgan fingerprint density at radius 1 is 0.545 bits per heavy atom. The van der Waals surface area contributed by atoms with Crippen LogP contribution in [-0.4, -0.2) is 10.2 Å². The first-order chi connectivity index (χ1) is 21.2. The topological polar surface area (TPSA) is 68.7 Å². The van der Waals surface area contributed by atoms with Gasteiger partial charge in [0.2, 0.25) is 0 Å². The van der Waals surface area contributed by atoms with Crippen molar-refractivity contribution >= 4 is 29.3 Å². The molecule has 0 spiro atoms. The molecule has 0 amide bonds. The van der Waals surface area contributed by atoms with Crippen molar-refractivity contribution < 1.29 is 59.6 Å². The molecule has 5 aromatic rings. The molecule has 0 bridgehead atoms. The monoisotopic (exact) mass is 711 g/mol. The first kappa shape index (κ1) is 31.4. The van der Waals surface area contributed by atoms with Crippen molar-refractivity contribution in [3.05, 3.63) is 184 Å². The van der Waals surface area contributed by atoms with Crippen LogP contribution in [0, 0.1) is 49.4 Å². The van der Waals surface area contributed by atoms with Crippen molar-refractivity contribution in [2.45, 2.75) is 6.10 Å². The Morgan fingerprint density at radius 2 is 0.977 bits per heavy atom. The van der Waals surface area contributed by atoms with E-state index in [-0.39, 0.29) is 55.1 Å². The molecule has 2 heterocycles. The summed E-state index contributed by atoms with van der Waals surface area (Å²) in [6, 6.07) is 39.7. The molecule has 0 saturated carbocycles. The Labute approximate surface area is 298 Å². The number of aliphatic hydroxyl groups excluding tert-OH is 2. The summed E-state index contributed by atoms with van der Waals surface area (Å²) in [6.45, 7) is 0. The first-order valence-corrected chi connectivity index (χ1v) is 14.1. The van der Waals surface area contributed by atoms with Crippen LogP contribution in [0.1, 0.15) is 17.2 Å². The molecule has 0 fully saturated rings. The Morgan fingerprint density at radius 3 is 1.45 bits per heavy atom. The fourth-order valence-electron chi connectivity index (χ4n) is 4.99. The van der Waals surface area contributed by atoms with Gasteiger partial charge in [-0.15, -0.1) is 11.4 Å². The van der Waals surface area contributed by atoms with Crippen molar-refractivity contribution in [2.24, 2.45) is 0 Å². The summed E-state index contributed by atoms with van der Waals surface area (Å²) in [5, 5.41) is 31.9. The molecule has 1 radical (unpaired) electrons. The SMILES string of the molecule is C1=C[N-]c2c3c(ccc2=C1)=CC=C[N-]3.OC(=CC(O)c1ccc(-c2ccccc2)cc1)c1ccc(-c2ccccc2)cc1.[Eu+2]. The molecule has 5 heteroatoms. The molecule has 4 nitrogen and oxygen atoms in total. The second kappa shape index (κ2) is 15.1. The van der Waals surface area contributed by atoms with Gasteiger partial charge in [-0.2, -0.15) is 12.4 Å². The average Bonchev–Trinajstić information content (AvgIpc) is 3.09. The second-order valence-corrected chi connectivity index (χ2v) is 10.1. The molecule has 1 unspecified atom stereocenters. The zero-order valence-corrected chi connectivity index (χ0v) is 26.3. The van der Waals surface area contributed by atoms with E-state index in [9.17, 15) is 10.2 Å². The Hall–Kier alpha value is -4.00. The largest absolute Gasteiger partial charge is 2.00 e. The molecule has 215 valence electrons. The Kier molecular flexibility index (Phi) is 10.8. The van der Waals surface area contributed by atoms with Gasteiger partial charge in [0.05, 0.1) is 0 Å². The van der Waals surface area contributed by atoms with Crippen LogP contribution in [0.3, 0.4) is 0 Å². The summed E-state index contributed by atoms with van der Waals surface area (Å²) in [7, 11) is 0. The molecule has 2 N–H and O–H groups in total. The predicted molar refractivity (Wildman–Crippen MR) is 178 cm³/mol. The maximum Gasteiger partial charge on any atom is 2.00 e. The fraction of sp³-hybridized carbons (Fsp3) is 0.0256. The van der Waals surface area contributed by atoms with Gasteiger partial charge in [-0.3, -0.25) is 0 Å². The number of hydrogen-bond acceptors (Lipinski definition) is 2. The Balaban J connectivity index is 0.000000213. The molecule has 1 atom stereocenters. The van der Waals surface area contributed by atoms with Crippen molar-refractivity contribution in [1.29, 1.82) is 0 Å². The minimum Gasteiger partial charge on any atom is -0.665 e. The third-order valence-corrected chi connectivity index (χ3v) is 7.31. The molecule has 0 saturated heterocycles. The van der Waals surface area contributed by atoms with E-state index in [1.54, 1.807) is 12.4 Å². The van der Waals surface area contributed by atoms with Gasteiger partial charge in [0, 0.05) is 5.56 Å². The van der Waals surface area contributed by atoms with Crippen molar-refractivity contribution in [1.82, 2.24) is 0 Å². The zero-order valence-electron chi connectivity index (χ0n) is 23.8. The zero-order chi connectivity index (χ0) is 29.4. The third kappa shape index (κ3) is 7.55. The number of aliphatic hydroxyl groups is 2. The van der Waals surface area contributed by atoms with E-state index in [4.69, 9.17) is 0 Å². The van der Waals surface area contributed by atoms with Crippen molar-refractivity contribution in [3.63, 3.8) is 0 Å². The summed E-state index contributed by atoms with van der Waals surface area (Å²) in [5.41, 5.74) is 7.79. The van der Waals surface area contributed by atoms with E-state index in [1.165, 1.54) is 6.08 Å². The van der Waals surface area contributed by atoms with Gasteiger partial charge in [0.15, 0.2) is 0 Å². The van der Waals surface area contributed by atoms with Crippen LogP contribution in [0.5, 0.6) is 0 Å². The smallest absolute Gasteiger partial charge is 0.665 e. The summed E-state index contributed by atoms with van der Waals surface area (Å²) < 4.78 is 0. The van der Waals surface area contributed by atoms with Gasteiger partial charge in [0.1, 0.15) is 11.9 Å². The quantitative estimate of drug-likeness (QED) is 0.179. The van der Waals surface area contributed by atoms with Crippen LogP contribution in [0.25, 0.3) is 50.8 Å². The summed E-state index contributed by atoms with van der Waals surface area (Å²) in [5.74, 6) is 0.0595. The normalized spacial score (nSPS) is 13.2. The molecular weight excluding hydrogens is 680 g/mol. The molecule has 2 aliphatic rings. The Bertz CT molecular complexity index is 1860. The van der Waals surface area contributed by atoms with Crippen LogP contribution in [0.2, 0.25) is 0 Å². The van der Waals surface area contributed by atoms with Crippen LogP contribution < -0.4 is 10.4 Å². The number of rotatable bonds is 5. The van der Waals surface area contributed by atoms with Crippen molar-refractivity contribution in [3.8, 4) is 22.3 Å². The number of allylic oxidation sites excluding steroid dienone is 2. The third-order valence-electron chi connectivity index (χ3n) is 7.31. The summed E-state index contributed by atoms with van der Waals surface area (Å²) >= 11 is 0. The number of benzene rings is 5. The predicted octanol–water partition coefficient (Wildman–Crippen LogP) is 8.97. The average molecular weight is 711 g/mol. The molecule has 0 aromatic heterocycles.